The molecular weight excluding hydrogens is 226 g/mol. The van der Waals surface area contributed by atoms with Crippen molar-refractivity contribution < 1.29 is 4.74 Å². The fraction of sp³-hybridized carbons (Fsp3) is 0.857. The van der Waals surface area contributed by atoms with Crippen LogP contribution in [0.15, 0.2) is 11.8 Å². The van der Waals surface area contributed by atoms with Crippen molar-refractivity contribution in [3.05, 3.63) is 11.8 Å². The molecule has 0 spiro atoms. The Hall–Kier alpha value is -0.580. The standard InChI is InChI=1S/C14H27N3O/c1-3-17(4-2)14(9-5-6-10-14)13(16-15)12-8-7-11-18-12/h8,13,16H,3-7,9-11,15H2,1-2H3. The first-order chi connectivity index (χ1) is 8.78. The lowest BCUT2D eigenvalue weighted by molar-refractivity contribution is 0.0521. The van der Waals surface area contributed by atoms with E-state index in [9.17, 15) is 0 Å². The van der Waals surface area contributed by atoms with Crippen molar-refractivity contribution in [1.82, 2.24) is 10.3 Å². The van der Waals surface area contributed by atoms with Gasteiger partial charge in [0.25, 0.3) is 0 Å². The van der Waals surface area contributed by atoms with Gasteiger partial charge in [0.1, 0.15) is 5.76 Å². The summed E-state index contributed by atoms with van der Waals surface area (Å²) in [6, 6.07) is 0.141. The smallest absolute Gasteiger partial charge is 0.112 e. The highest BCUT2D eigenvalue weighted by molar-refractivity contribution is 5.18. The molecule has 18 heavy (non-hydrogen) atoms. The summed E-state index contributed by atoms with van der Waals surface area (Å²) >= 11 is 0. The van der Waals surface area contributed by atoms with Gasteiger partial charge in [0.05, 0.1) is 12.6 Å². The van der Waals surface area contributed by atoms with E-state index < -0.39 is 0 Å². The zero-order valence-corrected chi connectivity index (χ0v) is 11.7. The van der Waals surface area contributed by atoms with Gasteiger partial charge in [0, 0.05) is 12.0 Å². The summed E-state index contributed by atoms with van der Waals surface area (Å²) in [6.45, 7) is 7.42. The van der Waals surface area contributed by atoms with E-state index in [1.165, 1.54) is 25.7 Å². The molecular formula is C14H27N3O. The monoisotopic (exact) mass is 253 g/mol. The highest BCUT2D eigenvalue weighted by atomic mass is 16.5. The summed E-state index contributed by atoms with van der Waals surface area (Å²) in [5.41, 5.74) is 3.19. The number of nitrogens with one attached hydrogen (secondary N) is 1. The van der Waals surface area contributed by atoms with Crippen LogP contribution in [-0.2, 0) is 4.74 Å². The summed E-state index contributed by atoms with van der Waals surface area (Å²) < 4.78 is 5.77. The molecule has 1 saturated carbocycles. The number of hydrogen-bond acceptors (Lipinski definition) is 4. The molecule has 4 heteroatoms. The second-order valence-corrected chi connectivity index (χ2v) is 5.33. The highest BCUT2D eigenvalue weighted by Crippen LogP contribution is 2.41. The summed E-state index contributed by atoms with van der Waals surface area (Å²) in [5, 5.41) is 0. The summed E-state index contributed by atoms with van der Waals surface area (Å²) in [5.74, 6) is 6.93. The van der Waals surface area contributed by atoms with Gasteiger partial charge in [-0.15, -0.1) is 0 Å². The maximum Gasteiger partial charge on any atom is 0.112 e. The Kier molecular flexibility index (Phi) is 4.65. The molecule has 1 heterocycles. The van der Waals surface area contributed by atoms with Crippen LogP contribution in [0, 0.1) is 0 Å². The van der Waals surface area contributed by atoms with Crippen molar-refractivity contribution in [2.45, 2.75) is 57.5 Å². The second-order valence-electron chi connectivity index (χ2n) is 5.33. The Balaban J connectivity index is 2.26. The largest absolute Gasteiger partial charge is 0.496 e. The Morgan fingerprint density at radius 3 is 2.50 bits per heavy atom. The maximum absolute atomic E-state index is 5.87. The first kappa shape index (κ1) is 13.8. The molecule has 0 bridgehead atoms. The summed E-state index contributed by atoms with van der Waals surface area (Å²) in [4.78, 5) is 2.56. The third-order valence-electron chi connectivity index (χ3n) is 4.58. The number of nitrogens with zero attached hydrogens (tertiary/aromatic N) is 1. The lowest BCUT2D eigenvalue weighted by atomic mass is 9.84. The van der Waals surface area contributed by atoms with Crippen LogP contribution in [0.2, 0.25) is 0 Å². The predicted molar refractivity (Wildman–Crippen MR) is 73.9 cm³/mol. The lowest BCUT2D eigenvalue weighted by Gasteiger charge is -2.46. The van der Waals surface area contributed by atoms with Crippen molar-refractivity contribution in [3.8, 4) is 0 Å². The van der Waals surface area contributed by atoms with E-state index in [0.717, 1.165) is 31.9 Å². The average molecular weight is 253 g/mol. The van der Waals surface area contributed by atoms with Crippen LogP contribution in [0.25, 0.3) is 0 Å². The first-order valence-corrected chi connectivity index (χ1v) is 7.32. The van der Waals surface area contributed by atoms with Crippen LogP contribution in [0.1, 0.15) is 46.0 Å². The molecule has 104 valence electrons. The van der Waals surface area contributed by atoms with E-state index >= 15 is 0 Å². The van der Waals surface area contributed by atoms with Crippen LogP contribution in [-0.4, -0.2) is 36.2 Å². The van der Waals surface area contributed by atoms with E-state index in [1.807, 2.05) is 0 Å². The molecule has 0 saturated heterocycles. The van der Waals surface area contributed by atoms with Gasteiger partial charge >= 0.3 is 0 Å². The fourth-order valence-electron chi connectivity index (χ4n) is 3.77. The number of ether oxygens (including phenoxy) is 1. The lowest BCUT2D eigenvalue weighted by Crippen LogP contribution is -2.62. The number of nitrogens with two attached hydrogens (primary N) is 1. The summed E-state index contributed by atoms with van der Waals surface area (Å²) in [6.07, 6.45) is 8.23. The molecule has 1 aliphatic carbocycles. The highest BCUT2D eigenvalue weighted by Gasteiger charge is 2.47. The zero-order valence-electron chi connectivity index (χ0n) is 11.7. The van der Waals surface area contributed by atoms with Gasteiger partial charge in [-0.2, -0.15) is 0 Å². The fourth-order valence-corrected chi connectivity index (χ4v) is 3.77. The number of likely N-dealkylation sites (N-methyl/N-ethyl adjacent to an activating group) is 1. The molecule has 2 rings (SSSR count). The van der Waals surface area contributed by atoms with Gasteiger partial charge in [0.2, 0.25) is 0 Å². The van der Waals surface area contributed by atoms with Crippen molar-refractivity contribution in [2.24, 2.45) is 5.84 Å². The summed E-state index contributed by atoms with van der Waals surface area (Å²) in [7, 11) is 0. The van der Waals surface area contributed by atoms with Gasteiger partial charge in [-0.3, -0.25) is 10.7 Å². The van der Waals surface area contributed by atoms with Gasteiger partial charge in [-0.05, 0) is 32.0 Å². The van der Waals surface area contributed by atoms with Crippen molar-refractivity contribution >= 4 is 0 Å². The quantitative estimate of drug-likeness (QED) is 0.559. The van der Waals surface area contributed by atoms with Crippen LogP contribution in [0.4, 0.5) is 0 Å². The normalized spacial score (nSPS) is 24.1. The van der Waals surface area contributed by atoms with Crippen LogP contribution in [0.5, 0.6) is 0 Å². The zero-order chi connectivity index (χ0) is 13.0. The second kappa shape index (κ2) is 6.04. The van der Waals surface area contributed by atoms with E-state index in [1.54, 1.807) is 0 Å². The molecule has 4 nitrogen and oxygen atoms in total. The third kappa shape index (κ3) is 2.29. The molecule has 1 unspecified atom stereocenters. The average Bonchev–Trinajstić information content (AvgIpc) is 3.04. The molecule has 1 aliphatic heterocycles. The van der Waals surface area contributed by atoms with Crippen molar-refractivity contribution in [1.29, 1.82) is 0 Å². The Labute approximate surface area is 111 Å². The molecule has 3 N–H and O–H groups in total. The van der Waals surface area contributed by atoms with Crippen molar-refractivity contribution in [2.75, 3.05) is 19.7 Å². The molecule has 0 amide bonds. The van der Waals surface area contributed by atoms with Gasteiger partial charge in [-0.25, -0.2) is 5.43 Å². The predicted octanol–water partition coefficient (Wildman–Crippen LogP) is 1.78. The minimum absolute atomic E-state index is 0.141. The molecule has 2 aliphatic rings. The molecule has 0 aromatic carbocycles. The minimum Gasteiger partial charge on any atom is -0.496 e. The maximum atomic E-state index is 5.87. The molecule has 0 aromatic rings. The van der Waals surface area contributed by atoms with E-state index in [-0.39, 0.29) is 11.6 Å². The molecule has 0 radical (unpaired) electrons. The van der Waals surface area contributed by atoms with Gasteiger partial charge in [-0.1, -0.05) is 26.7 Å². The van der Waals surface area contributed by atoms with Gasteiger partial charge < -0.3 is 4.74 Å². The van der Waals surface area contributed by atoms with Gasteiger partial charge in [0.15, 0.2) is 0 Å². The minimum atomic E-state index is 0.141. The van der Waals surface area contributed by atoms with Crippen LogP contribution >= 0.6 is 0 Å². The van der Waals surface area contributed by atoms with E-state index in [0.29, 0.717) is 0 Å². The number of rotatable bonds is 6. The topological polar surface area (TPSA) is 50.5 Å². The Morgan fingerprint density at radius 2 is 2.06 bits per heavy atom. The van der Waals surface area contributed by atoms with Crippen molar-refractivity contribution in [3.63, 3.8) is 0 Å². The first-order valence-electron chi connectivity index (χ1n) is 7.32. The van der Waals surface area contributed by atoms with Crippen LogP contribution in [0.3, 0.4) is 0 Å². The number of hydrogen-bond donors (Lipinski definition) is 2. The molecule has 0 aromatic heterocycles. The third-order valence-corrected chi connectivity index (χ3v) is 4.58. The van der Waals surface area contributed by atoms with Crippen LogP contribution < -0.4 is 11.3 Å². The van der Waals surface area contributed by atoms with E-state index in [2.05, 4.69) is 30.2 Å². The molecule has 1 atom stereocenters. The Morgan fingerprint density at radius 1 is 1.39 bits per heavy atom. The number of hydrazine groups is 1. The van der Waals surface area contributed by atoms with E-state index in [4.69, 9.17) is 10.6 Å². The molecule has 1 fully saturated rings. The Bertz CT molecular complexity index is 293. The SMILES string of the molecule is CCN(CC)C1(C(NN)C2=CCCO2)CCCC1.